The Morgan fingerprint density at radius 3 is 2.35 bits per heavy atom. The Bertz CT molecular complexity index is 944. The molecule has 0 radical (unpaired) electrons. The summed E-state index contributed by atoms with van der Waals surface area (Å²) in [5.41, 5.74) is 0.492. The molecule has 0 saturated carbocycles. The van der Waals surface area contributed by atoms with E-state index in [0.29, 0.717) is 24.8 Å². The third kappa shape index (κ3) is 8.36. The van der Waals surface area contributed by atoms with Gasteiger partial charge in [0, 0.05) is 5.92 Å². The van der Waals surface area contributed by atoms with Gasteiger partial charge in [-0.05, 0) is 42.2 Å². The van der Waals surface area contributed by atoms with Gasteiger partial charge in [0.1, 0.15) is 12.7 Å². The highest BCUT2D eigenvalue weighted by Crippen LogP contribution is 2.20. The number of carbonyl (C=O) groups excluding carboxylic acids is 3. The summed E-state index contributed by atoms with van der Waals surface area (Å²) in [7, 11) is 0. The quantitative estimate of drug-likeness (QED) is 0.235. The first-order valence-corrected chi connectivity index (χ1v) is 12.2. The van der Waals surface area contributed by atoms with Crippen LogP contribution in [-0.4, -0.2) is 43.9 Å². The van der Waals surface area contributed by atoms with Crippen LogP contribution in [0.3, 0.4) is 0 Å². The summed E-state index contributed by atoms with van der Waals surface area (Å²) >= 11 is 0. The van der Waals surface area contributed by atoms with Crippen molar-refractivity contribution in [3.05, 3.63) is 48.0 Å². The van der Waals surface area contributed by atoms with Crippen LogP contribution in [0.1, 0.15) is 63.7 Å². The smallest absolute Gasteiger partial charge is 0.407 e. The summed E-state index contributed by atoms with van der Waals surface area (Å²) in [6, 6.07) is 13.3. The Labute approximate surface area is 202 Å². The second-order valence-corrected chi connectivity index (χ2v) is 8.46. The van der Waals surface area contributed by atoms with E-state index in [2.05, 4.69) is 5.32 Å². The van der Waals surface area contributed by atoms with Crippen molar-refractivity contribution in [3.8, 4) is 0 Å². The standard InChI is InChI=1S/C27H37NO6/c1-5-10-24(34-27(31)28-15-16-32-25(29)19(4)6-2)20(7-3)18-33-26(30)23-14-13-21-11-8-9-12-22(21)17-23/h8-9,11-14,17,19-20,24H,5-7,10,15-16,18H2,1-4H3,(H,28,31). The van der Waals surface area contributed by atoms with Crippen LogP contribution in [0.5, 0.6) is 0 Å². The molecule has 3 atom stereocenters. The normalized spacial score (nSPS) is 13.5. The van der Waals surface area contributed by atoms with Crippen LogP contribution >= 0.6 is 0 Å². The molecular formula is C27H37NO6. The number of esters is 2. The number of ether oxygens (including phenoxy) is 3. The maximum atomic E-state index is 12.6. The molecule has 1 amide bonds. The molecule has 186 valence electrons. The van der Waals surface area contributed by atoms with Crippen LogP contribution in [0.25, 0.3) is 10.8 Å². The summed E-state index contributed by atoms with van der Waals surface area (Å²) in [6.45, 7) is 8.14. The predicted molar refractivity (Wildman–Crippen MR) is 132 cm³/mol. The number of rotatable bonds is 13. The lowest BCUT2D eigenvalue weighted by Crippen LogP contribution is -2.36. The fraction of sp³-hybridized carbons (Fsp3) is 0.519. The highest BCUT2D eigenvalue weighted by molar-refractivity contribution is 5.95. The van der Waals surface area contributed by atoms with E-state index in [9.17, 15) is 14.4 Å². The van der Waals surface area contributed by atoms with E-state index in [0.717, 1.165) is 17.2 Å². The fourth-order valence-corrected chi connectivity index (χ4v) is 3.54. The highest BCUT2D eigenvalue weighted by atomic mass is 16.6. The highest BCUT2D eigenvalue weighted by Gasteiger charge is 2.25. The zero-order valence-corrected chi connectivity index (χ0v) is 20.7. The molecule has 0 heterocycles. The molecule has 0 aliphatic heterocycles. The minimum absolute atomic E-state index is 0.0945. The Morgan fingerprint density at radius 1 is 0.941 bits per heavy atom. The van der Waals surface area contributed by atoms with Gasteiger partial charge in [0.05, 0.1) is 24.6 Å². The largest absolute Gasteiger partial charge is 0.464 e. The van der Waals surface area contributed by atoms with Crippen molar-refractivity contribution in [1.82, 2.24) is 5.32 Å². The molecule has 0 aromatic heterocycles. The lowest BCUT2D eigenvalue weighted by atomic mass is 9.96. The van der Waals surface area contributed by atoms with Gasteiger partial charge in [-0.1, -0.05) is 64.4 Å². The summed E-state index contributed by atoms with van der Waals surface area (Å²) in [5.74, 6) is -0.963. The molecule has 0 spiro atoms. The zero-order chi connectivity index (χ0) is 24.9. The van der Waals surface area contributed by atoms with E-state index < -0.39 is 12.1 Å². The van der Waals surface area contributed by atoms with Gasteiger partial charge in [0.2, 0.25) is 0 Å². The van der Waals surface area contributed by atoms with Crippen LogP contribution < -0.4 is 5.32 Å². The average molecular weight is 472 g/mol. The first kappa shape index (κ1) is 27.2. The monoisotopic (exact) mass is 471 g/mol. The van der Waals surface area contributed by atoms with Crippen LogP contribution in [0.15, 0.2) is 42.5 Å². The molecule has 0 saturated heterocycles. The van der Waals surface area contributed by atoms with Gasteiger partial charge in [-0.3, -0.25) is 4.79 Å². The Balaban J connectivity index is 1.86. The molecule has 0 bridgehead atoms. The van der Waals surface area contributed by atoms with Gasteiger partial charge in [-0.25, -0.2) is 9.59 Å². The predicted octanol–water partition coefficient (Wildman–Crippen LogP) is 5.51. The zero-order valence-electron chi connectivity index (χ0n) is 20.7. The minimum Gasteiger partial charge on any atom is -0.464 e. The Morgan fingerprint density at radius 2 is 1.68 bits per heavy atom. The summed E-state index contributed by atoms with van der Waals surface area (Å²) in [6.07, 6.45) is 1.91. The first-order chi connectivity index (χ1) is 16.4. The molecule has 0 aliphatic rings. The van der Waals surface area contributed by atoms with E-state index in [1.165, 1.54) is 0 Å². The maximum Gasteiger partial charge on any atom is 0.407 e. The van der Waals surface area contributed by atoms with E-state index in [1.807, 2.05) is 57.2 Å². The molecule has 0 aliphatic carbocycles. The lowest BCUT2D eigenvalue weighted by molar-refractivity contribution is -0.147. The number of fused-ring (bicyclic) bond motifs is 1. The van der Waals surface area contributed by atoms with E-state index in [-0.39, 0.29) is 43.7 Å². The van der Waals surface area contributed by atoms with E-state index >= 15 is 0 Å². The minimum atomic E-state index is -0.572. The Hall–Kier alpha value is -3.09. The van der Waals surface area contributed by atoms with Gasteiger partial charge in [-0.2, -0.15) is 0 Å². The van der Waals surface area contributed by atoms with Gasteiger partial charge in [-0.15, -0.1) is 0 Å². The molecule has 2 aromatic carbocycles. The third-order valence-corrected chi connectivity index (χ3v) is 5.93. The van der Waals surface area contributed by atoms with Crippen molar-refractivity contribution in [2.24, 2.45) is 11.8 Å². The topological polar surface area (TPSA) is 90.9 Å². The van der Waals surface area contributed by atoms with Gasteiger partial charge in [0.25, 0.3) is 0 Å². The van der Waals surface area contributed by atoms with Crippen molar-refractivity contribution >= 4 is 28.8 Å². The van der Waals surface area contributed by atoms with Crippen molar-refractivity contribution in [2.45, 2.75) is 59.5 Å². The summed E-state index contributed by atoms with van der Waals surface area (Å²) in [5, 5.41) is 4.66. The fourth-order valence-electron chi connectivity index (χ4n) is 3.54. The SMILES string of the molecule is CCCC(OC(=O)NCCOC(=O)C(C)CC)C(CC)COC(=O)c1ccc2ccccc2c1. The average Bonchev–Trinajstić information content (AvgIpc) is 2.85. The molecule has 1 N–H and O–H groups in total. The van der Waals surface area contributed by atoms with Crippen LogP contribution in [0.4, 0.5) is 4.79 Å². The molecular weight excluding hydrogens is 434 g/mol. The van der Waals surface area contributed by atoms with Crippen molar-refractivity contribution in [2.75, 3.05) is 19.8 Å². The lowest BCUT2D eigenvalue weighted by Gasteiger charge is -2.26. The third-order valence-electron chi connectivity index (χ3n) is 5.93. The molecule has 7 heteroatoms. The van der Waals surface area contributed by atoms with Crippen LogP contribution in [0, 0.1) is 11.8 Å². The molecule has 34 heavy (non-hydrogen) atoms. The number of carbonyl (C=O) groups is 3. The molecule has 7 nitrogen and oxygen atoms in total. The number of nitrogens with one attached hydrogen (secondary N) is 1. The van der Waals surface area contributed by atoms with Crippen molar-refractivity contribution in [3.63, 3.8) is 0 Å². The molecule has 0 fully saturated rings. The van der Waals surface area contributed by atoms with E-state index in [4.69, 9.17) is 14.2 Å². The number of benzene rings is 2. The molecule has 2 rings (SSSR count). The second-order valence-electron chi connectivity index (χ2n) is 8.46. The summed E-state index contributed by atoms with van der Waals surface area (Å²) in [4.78, 5) is 36.6. The molecule has 2 aromatic rings. The number of hydrogen-bond donors (Lipinski definition) is 1. The summed E-state index contributed by atoms with van der Waals surface area (Å²) < 4.78 is 16.4. The first-order valence-electron chi connectivity index (χ1n) is 12.2. The van der Waals surface area contributed by atoms with Gasteiger partial charge in [0.15, 0.2) is 0 Å². The Kier molecular flexibility index (Phi) is 11.4. The number of hydrogen-bond acceptors (Lipinski definition) is 6. The maximum absolute atomic E-state index is 12.6. The number of alkyl carbamates (subject to hydrolysis) is 1. The van der Waals surface area contributed by atoms with Crippen LogP contribution in [-0.2, 0) is 19.0 Å². The van der Waals surface area contributed by atoms with Gasteiger partial charge >= 0.3 is 18.0 Å². The number of amides is 1. The second kappa shape index (κ2) is 14.2. The van der Waals surface area contributed by atoms with Gasteiger partial charge < -0.3 is 19.5 Å². The van der Waals surface area contributed by atoms with Crippen molar-refractivity contribution in [1.29, 1.82) is 0 Å². The van der Waals surface area contributed by atoms with Crippen molar-refractivity contribution < 1.29 is 28.6 Å². The molecule has 3 unspecified atom stereocenters. The van der Waals surface area contributed by atoms with E-state index in [1.54, 1.807) is 13.0 Å². The van der Waals surface area contributed by atoms with Crippen LogP contribution in [0.2, 0.25) is 0 Å².